The van der Waals surface area contributed by atoms with Crippen LogP contribution in [0.25, 0.3) is 0 Å². The Kier molecular flexibility index (Phi) is 5.63. The van der Waals surface area contributed by atoms with Crippen molar-refractivity contribution in [1.29, 1.82) is 5.26 Å². The van der Waals surface area contributed by atoms with Gasteiger partial charge in [-0.2, -0.15) is 5.26 Å². The maximum Gasteiger partial charge on any atom is 0.270 e. The Hall–Kier alpha value is -4.18. The highest BCUT2D eigenvalue weighted by atomic mass is 16.6. The molecule has 1 N–H and O–H groups in total. The largest absolute Gasteiger partial charge is 0.489 e. The van der Waals surface area contributed by atoms with Crippen LogP contribution in [0.3, 0.4) is 0 Å². The lowest BCUT2D eigenvalue weighted by Crippen LogP contribution is -2.12. The number of nitro benzene ring substituents is 1. The molecule has 7 heteroatoms. The number of nitriles is 1. The molecule has 0 unspecified atom stereocenters. The molecule has 0 aliphatic rings. The van der Waals surface area contributed by atoms with E-state index in [1.165, 1.54) is 24.3 Å². The van der Waals surface area contributed by atoms with Gasteiger partial charge in [-0.25, -0.2) is 0 Å². The normalized spacial score (nSPS) is 9.96. The average molecular weight is 373 g/mol. The van der Waals surface area contributed by atoms with Gasteiger partial charge in [-0.05, 0) is 48.0 Å². The number of nitrogens with zero attached hydrogens (tertiary/aromatic N) is 2. The summed E-state index contributed by atoms with van der Waals surface area (Å²) in [6.45, 7) is 0.352. The lowest BCUT2D eigenvalue weighted by molar-refractivity contribution is -0.384. The van der Waals surface area contributed by atoms with E-state index < -0.39 is 10.8 Å². The van der Waals surface area contributed by atoms with Crippen molar-refractivity contribution in [1.82, 2.24) is 0 Å². The standard InChI is InChI=1S/C21H15N3O4/c22-13-15-4-6-16(7-5-15)14-28-20-10-8-18(9-11-20)23-21(25)17-2-1-3-19(12-17)24(26)27/h1-12H,14H2,(H,23,25). The van der Waals surface area contributed by atoms with E-state index in [4.69, 9.17) is 10.00 Å². The maximum absolute atomic E-state index is 12.2. The first-order valence-electron chi connectivity index (χ1n) is 8.33. The lowest BCUT2D eigenvalue weighted by Gasteiger charge is -2.09. The summed E-state index contributed by atoms with van der Waals surface area (Å²) in [6, 6.07) is 21.5. The summed E-state index contributed by atoms with van der Waals surface area (Å²) >= 11 is 0. The molecule has 0 saturated heterocycles. The Morgan fingerprint density at radius 3 is 2.43 bits per heavy atom. The van der Waals surface area contributed by atoms with Crippen LogP contribution in [0.5, 0.6) is 5.75 Å². The fraction of sp³-hybridized carbons (Fsp3) is 0.0476. The van der Waals surface area contributed by atoms with Crippen molar-refractivity contribution in [2.24, 2.45) is 0 Å². The van der Waals surface area contributed by atoms with E-state index in [0.29, 0.717) is 23.6 Å². The number of benzene rings is 3. The number of anilines is 1. The molecule has 138 valence electrons. The second-order valence-corrected chi connectivity index (χ2v) is 5.88. The Morgan fingerprint density at radius 2 is 1.79 bits per heavy atom. The van der Waals surface area contributed by atoms with Gasteiger partial charge in [0.25, 0.3) is 11.6 Å². The molecule has 0 radical (unpaired) electrons. The van der Waals surface area contributed by atoms with Gasteiger partial charge in [-0.15, -0.1) is 0 Å². The fourth-order valence-electron chi connectivity index (χ4n) is 2.44. The van der Waals surface area contributed by atoms with Gasteiger partial charge in [0.2, 0.25) is 0 Å². The van der Waals surface area contributed by atoms with Gasteiger partial charge in [-0.3, -0.25) is 14.9 Å². The first kappa shape index (κ1) is 18.6. The number of rotatable bonds is 6. The maximum atomic E-state index is 12.2. The smallest absolute Gasteiger partial charge is 0.270 e. The van der Waals surface area contributed by atoms with E-state index in [1.54, 1.807) is 36.4 Å². The molecule has 7 nitrogen and oxygen atoms in total. The molecule has 0 heterocycles. The molecule has 1 amide bonds. The van der Waals surface area contributed by atoms with Crippen molar-refractivity contribution in [3.8, 4) is 11.8 Å². The van der Waals surface area contributed by atoms with Crippen molar-refractivity contribution in [3.05, 3.63) is 99.6 Å². The molecule has 0 atom stereocenters. The molecular formula is C21H15N3O4. The molecule has 0 aliphatic heterocycles. The zero-order valence-corrected chi connectivity index (χ0v) is 14.7. The third-order valence-electron chi connectivity index (χ3n) is 3.92. The van der Waals surface area contributed by atoms with E-state index in [0.717, 1.165) is 5.56 Å². The number of carbonyl (C=O) groups excluding carboxylic acids is 1. The number of nitro groups is 1. The number of ether oxygens (including phenoxy) is 1. The molecule has 0 aromatic heterocycles. The van der Waals surface area contributed by atoms with E-state index in [2.05, 4.69) is 11.4 Å². The topological polar surface area (TPSA) is 105 Å². The highest BCUT2D eigenvalue weighted by molar-refractivity contribution is 6.04. The quantitative estimate of drug-likeness (QED) is 0.512. The number of hydrogen-bond donors (Lipinski definition) is 1. The van der Waals surface area contributed by atoms with E-state index in [9.17, 15) is 14.9 Å². The SMILES string of the molecule is N#Cc1ccc(COc2ccc(NC(=O)c3cccc([N+](=O)[O-])c3)cc2)cc1. The van der Waals surface area contributed by atoms with Gasteiger partial charge in [0.15, 0.2) is 0 Å². The first-order chi connectivity index (χ1) is 13.5. The summed E-state index contributed by atoms with van der Waals surface area (Å²) in [5, 5.41) is 22.3. The minimum absolute atomic E-state index is 0.140. The van der Waals surface area contributed by atoms with Crippen LogP contribution in [0.15, 0.2) is 72.8 Å². The van der Waals surface area contributed by atoms with Gasteiger partial charge in [-0.1, -0.05) is 18.2 Å². The molecule has 0 spiro atoms. The van der Waals surface area contributed by atoms with E-state index >= 15 is 0 Å². The summed E-state index contributed by atoms with van der Waals surface area (Å²) in [5.41, 5.74) is 2.13. The predicted octanol–water partition coefficient (Wildman–Crippen LogP) is 4.30. The number of non-ortho nitro benzene ring substituents is 1. The van der Waals surface area contributed by atoms with Gasteiger partial charge < -0.3 is 10.1 Å². The van der Waals surface area contributed by atoms with Crippen LogP contribution in [0.4, 0.5) is 11.4 Å². The van der Waals surface area contributed by atoms with Gasteiger partial charge in [0.1, 0.15) is 12.4 Å². The Bertz CT molecular complexity index is 1040. The molecule has 28 heavy (non-hydrogen) atoms. The highest BCUT2D eigenvalue weighted by Gasteiger charge is 2.11. The van der Waals surface area contributed by atoms with Crippen LogP contribution in [-0.2, 0) is 6.61 Å². The zero-order valence-electron chi connectivity index (χ0n) is 14.7. The molecule has 0 bridgehead atoms. The third kappa shape index (κ3) is 4.71. The van der Waals surface area contributed by atoms with Crippen molar-refractivity contribution in [2.45, 2.75) is 6.61 Å². The number of nitrogens with one attached hydrogen (secondary N) is 1. The minimum atomic E-state index is -0.545. The van der Waals surface area contributed by atoms with E-state index in [1.807, 2.05) is 12.1 Å². The van der Waals surface area contributed by atoms with Crippen molar-refractivity contribution in [2.75, 3.05) is 5.32 Å². The van der Waals surface area contributed by atoms with Crippen LogP contribution in [-0.4, -0.2) is 10.8 Å². The van der Waals surface area contributed by atoms with Crippen LogP contribution in [0.1, 0.15) is 21.5 Å². The van der Waals surface area contributed by atoms with E-state index in [-0.39, 0.29) is 11.3 Å². The lowest BCUT2D eigenvalue weighted by atomic mass is 10.1. The Morgan fingerprint density at radius 1 is 1.07 bits per heavy atom. The molecular weight excluding hydrogens is 358 g/mol. The minimum Gasteiger partial charge on any atom is -0.489 e. The highest BCUT2D eigenvalue weighted by Crippen LogP contribution is 2.19. The molecule has 0 aliphatic carbocycles. The monoisotopic (exact) mass is 373 g/mol. The molecule has 0 fully saturated rings. The van der Waals surface area contributed by atoms with Gasteiger partial charge >= 0.3 is 0 Å². The second-order valence-electron chi connectivity index (χ2n) is 5.88. The average Bonchev–Trinajstić information content (AvgIpc) is 2.73. The van der Waals surface area contributed by atoms with Crippen molar-refractivity contribution >= 4 is 17.3 Å². The zero-order chi connectivity index (χ0) is 19.9. The number of hydrogen-bond acceptors (Lipinski definition) is 5. The summed E-state index contributed by atoms with van der Waals surface area (Å²) in [4.78, 5) is 22.5. The van der Waals surface area contributed by atoms with Crippen molar-refractivity contribution in [3.63, 3.8) is 0 Å². The number of carbonyl (C=O) groups is 1. The molecule has 3 aromatic carbocycles. The summed E-state index contributed by atoms with van der Waals surface area (Å²) in [6.07, 6.45) is 0. The summed E-state index contributed by atoms with van der Waals surface area (Å²) in [5.74, 6) is 0.188. The van der Waals surface area contributed by atoms with Crippen molar-refractivity contribution < 1.29 is 14.5 Å². The second kappa shape index (κ2) is 8.47. The van der Waals surface area contributed by atoms with Crippen LogP contribution in [0, 0.1) is 21.4 Å². The number of amides is 1. The predicted molar refractivity (Wildman–Crippen MR) is 103 cm³/mol. The van der Waals surface area contributed by atoms with Crippen LogP contribution >= 0.6 is 0 Å². The fourth-order valence-corrected chi connectivity index (χ4v) is 2.44. The van der Waals surface area contributed by atoms with Crippen LogP contribution < -0.4 is 10.1 Å². The van der Waals surface area contributed by atoms with Crippen LogP contribution in [0.2, 0.25) is 0 Å². The summed E-state index contributed by atoms with van der Waals surface area (Å²) < 4.78 is 5.68. The first-order valence-corrected chi connectivity index (χ1v) is 8.33. The van der Waals surface area contributed by atoms with Gasteiger partial charge in [0.05, 0.1) is 16.6 Å². The Balaban J connectivity index is 1.59. The molecule has 0 saturated carbocycles. The summed E-state index contributed by atoms with van der Waals surface area (Å²) in [7, 11) is 0. The third-order valence-corrected chi connectivity index (χ3v) is 3.92. The van der Waals surface area contributed by atoms with Gasteiger partial charge in [0, 0.05) is 23.4 Å². The molecule has 3 rings (SSSR count). The Labute approximate surface area is 161 Å². The molecule has 3 aromatic rings.